The minimum absolute atomic E-state index is 0. The molecule has 0 aliphatic carbocycles. The van der Waals surface area contributed by atoms with Gasteiger partial charge in [0.25, 0.3) is 0 Å². The van der Waals surface area contributed by atoms with E-state index in [2.05, 4.69) is 11.8 Å². The molecule has 108 valence electrons. The molecule has 0 bridgehead atoms. The molecule has 2 rings (SSSR count). The predicted octanol–water partition coefficient (Wildman–Crippen LogP) is 2.51. The van der Waals surface area contributed by atoms with Crippen LogP contribution in [0.25, 0.3) is 0 Å². The number of hydrogen-bond acceptors (Lipinski definition) is 3. The Hall–Kier alpha value is -0.840. The molecule has 1 aromatic rings. The van der Waals surface area contributed by atoms with Crippen LogP contribution in [0.5, 0.6) is 5.75 Å². The van der Waals surface area contributed by atoms with Crippen molar-refractivity contribution in [3.63, 3.8) is 0 Å². The van der Waals surface area contributed by atoms with Crippen LogP contribution in [0.2, 0.25) is 0 Å². The smallest absolute Gasteiger partial charge is 0.127 e. The first-order chi connectivity index (χ1) is 8.58. The SMILES string of the molecule is CC1CCN(Cc2cc(O)cc(F)c2)C(CN)C1.Cl. The van der Waals surface area contributed by atoms with E-state index in [1.54, 1.807) is 6.07 Å². The van der Waals surface area contributed by atoms with Crippen molar-refractivity contribution in [2.75, 3.05) is 13.1 Å². The number of phenols is 1. The highest BCUT2D eigenvalue weighted by molar-refractivity contribution is 5.85. The van der Waals surface area contributed by atoms with E-state index in [0.29, 0.717) is 25.0 Å². The zero-order valence-corrected chi connectivity index (χ0v) is 12.0. The lowest BCUT2D eigenvalue weighted by molar-refractivity contribution is 0.115. The third-order valence-corrected chi connectivity index (χ3v) is 3.70. The molecule has 1 saturated heterocycles. The summed E-state index contributed by atoms with van der Waals surface area (Å²) in [6.45, 7) is 4.51. The number of nitrogens with zero attached hydrogens (tertiary/aromatic N) is 1. The molecule has 0 spiro atoms. The largest absolute Gasteiger partial charge is 0.508 e. The van der Waals surface area contributed by atoms with Gasteiger partial charge >= 0.3 is 0 Å². The van der Waals surface area contributed by atoms with Crippen LogP contribution in [0.4, 0.5) is 4.39 Å². The van der Waals surface area contributed by atoms with Crippen molar-refractivity contribution < 1.29 is 9.50 Å². The molecule has 19 heavy (non-hydrogen) atoms. The van der Waals surface area contributed by atoms with Gasteiger partial charge in [0.15, 0.2) is 0 Å². The Morgan fingerprint density at radius 3 is 2.79 bits per heavy atom. The van der Waals surface area contributed by atoms with Gasteiger partial charge in [0.1, 0.15) is 11.6 Å². The third kappa shape index (κ3) is 4.34. The molecule has 1 heterocycles. The Morgan fingerprint density at radius 1 is 1.42 bits per heavy atom. The lowest BCUT2D eigenvalue weighted by atomic mass is 9.92. The molecule has 5 heteroatoms. The van der Waals surface area contributed by atoms with Gasteiger partial charge in [0.05, 0.1) is 0 Å². The summed E-state index contributed by atoms with van der Waals surface area (Å²) in [5.41, 5.74) is 6.61. The summed E-state index contributed by atoms with van der Waals surface area (Å²) in [5, 5.41) is 9.41. The number of rotatable bonds is 3. The highest BCUT2D eigenvalue weighted by atomic mass is 35.5. The van der Waals surface area contributed by atoms with Gasteiger partial charge in [-0.3, -0.25) is 4.90 Å². The fraction of sp³-hybridized carbons (Fsp3) is 0.571. The maximum atomic E-state index is 13.2. The summed E-state index contributed by atoms with van der Waals surface area (Å²) in [7, 11) is 0. The minimum Gasteiger partial charge on any atom is -0.508 e. The summed E-state index contributed by atoms with van der Waals surface area (Å²) in [6.07, 6.45) is 2.25. The maximum absolute atomic E-state index is 13.2. The molecule has 1 fully saturated rings. The number of piperidine rings is 1. The van der Waals surface area contributed by atoms with Crippen LogP contribution < -0.4 is 5.73 Å². The van der Waals surface area contributed by atoms with Gasteiger partial charge in [-0.2, -0.15) is 0 Å². The third-order valence-electron chi connectivity index (χ3n) is 3.70. The molecule has 0 amide bonds. The summed E-state index contributed by atoms with van der Waals surface area (Å²) < 4.78 is 13.2. The van der Waals surface area contributed by atoms with E-state index in [0.717, 1.165) is 31.0 Å². The van der Waals surface area contributed by atoms with Crippen LogP contribution in [0.15, 0.2) is 18.2 Å². The molecule has 1 aliphatic rings. The minimum atomic E-state index is -0.389. The van der Waals surface area contributed by atoms with E-state index in [4.69, 9.17) is 5.73 Å². The summed E-state index contributed by atoms with van der Waals surface area (Å²) in [6, 6.07) is 4.58. The summed E-state index contributed by atoms with van der Waals surface area (Å²) >= 11 is 0. The van der Waals surface area contributed by atoms with Crippen molar-refractivity contribution in [1.29, 1.82) is 0 Å². The summed E-state index contributed by atoms with van der Waals surface area (Å²) in [4.78, 5) is 2.29. The maximum Gasteiger partial charge on any atom is 0.127 e. The van der Waals surface area contributed by atoms with Crippen LogP contribution in [0, 0.1) is 11.7 Å². The van der Waals surface area contributed by atoms with E-state index in [-0.39, 0.29) is 24.0 Å². The van der Waals surface area contributed by atoms with Gasteiger partial charge in [-0.1, -0.05) is 6.92 Å². The van der Waals surface area contributed by atoms with Gasteiger partial charge < -0.3 is 10.8 Å². The molecule has 3 N–H and O–H groups in total. The molecule has 0 saturated carbocycles. The molecule has 2 unspecified atom stereocenters. The average molecular weight is 289 g/mol. The van der Waals surface area contributed by atoms with Gasteiger partial charge in [0.2, 0.25) is 0 Å². The van der Waals surface area contributed by atoms with E-state index >= 15 is 0 Å². The number of aromatic hydroxyl groups is 1. The molecule has 0 radical (unpaired) electrons. The lowest BCUT2D eigenvalue weighted by Gasteiger charge is -2.38. The molecule has 0 aromatic heterocycles. The Morgan fingerprint density at radius 2 is 2.16 bits per heavy atom. The highest BCUT2D eigenvalue weighted by Gasteiger charge is 2.25. The molecular formula is C14H22ClFN2O. The second-order valence-electron chi connectivity index (χ2n) is 5.31. The number of hydrogen-bond donors (Lipinski definition) is 2. The van der Waals surface area contributed by atoms with Gasteiger partial charge in [-0.25, -0.2) is 4.39 Å². The fourth-order valence-corrected chi connectivity index (χ4v) is 2.71. The topological polar surface area (TPSA) is 49.5 Å². The van der Waals surface area contributed by atoms with Crippen molar-refractivity contribution in [3.05, 3.63) is 29.6 Å². The number of phenolic OH excluding ortho intramolecular Hbond substituents is 1. The second-order valence-corrected chi connectivity index (χ2v) is 5.31. The number of likely N-dealkylation sites (tertiary alicyclic amines) is 1. The van der Waals surface area contributed by atoms with Crippen molar-refractivity contribution in [1.82, 2.24) is 4.90 Å². The Labute approximate surface area is 120 Å². The monoisotopic (exact) mass is 288 g/mol. The first kappa shape index (κ1) is 16.2. The Kier molecular flexibility index (Phi) is 6.04. The van der Waals surface area contributed by atoms with Gasteiger partial charge in [-0.05, 0) is 43.0 Å². The predicted molar refractivity (Wildman–Crippen MR) is 77.0 cm³/mol. The zero-order chi connectivity index (χ0) is 13.1. The van der Waals surface area contributed by atoms with E-state index < -0.39 is 0 Å². The standard InChI is InChI=1S/C14H21FN2O.ClH/c1-10-2-3-17(13(4-10)8-16)9-11-5-12(15)7-14(18)6-11;/h5-7,10,13,18H,2-4,8-9,16H2,1H3;1H. The van der Waals surface area contributed by atoms with Crippen molar-refractivity contribution >= 4 is 12.4 Å². The zero-order valence-electron chi connectivity index (χ0n) is 11.2. The highest BCUT2D eigenvalue weighted by Crippen LogP contribution is 2.24. The number of halogens is 2. The van der Waals surface area contributed by atoms with Crippen LogP contribution in [0.1, 0.15) is 25.3 Å². The molecule has 1 aromatic carbocycles. The van der Waals surface area contributed by atoms with Crippen LogP contribution in [0.3, 0.4) is 0 Å². The van der Waals surface area contributed by atoms with Crippen LogP contribution in [-0.2, 0) is 6.54 Å². The van der Waals surface area contributed by atoms with Crippen molar-refractivity contribution in [2.24, 2.45) is 11.7 Å². The first-order valence-electron chi connectivity index (χ1n) is 6.51. The lowest BCUT2D eigenvalue weighted by Crippen LogP contribution is -2.45. The average Bonchev–Trinajstić information content (AvgIpc) is 2.30. The van der Waals surface area contributed by atoms with Crippen molar-refractivity contribution in [3.8, 4) is 5.75 Å². The van der Waals surface area contributed by atoms with Crippen LogP contribution >= 0.6 is 12.4 Å². The van der Waals surface area contributed by atoms with Crippen molar-refractivity contribution in [2.45, 2.75) is 32.4 Å². The van der Waals surface area contributed by atoms with E-state index in [1.807, 2.05) is 0 Å². The Bertz CT molecular complexity index is 396. The van der Waals surface area contributed by atoms with Gasteiger partial charge in [0, 0.05) is 25.2 Å². The molecule has 1 aliphatic heterocycles. The quantitative estimate of drug-likeness (QED) is 0.898. The second kappa shape index (κ2) is 7.08. The summed E-state index contributed by atoms with van der Waals surface area (Å²) in [5.74, 6) is 0.301. The number of nitrogens with two attached hydrogens (primary N) is 1. The molecule has 3 nitrogen and oxygen atoms in total. The fourth-order valence-electron chi connectivity index (χ4n) is 2.71. The number of benzene rings is 1. The Balaban J connectivity index is 0.00000180. The van der Waals surface area contributed by atoms with Gasteiger partial charge in [-0.15, -0.1) is 12.4 Å². The normalized spacial score (nSPS) is 23.9. The molecule has 2 atom stereocenters. The molecular weight excluding hydrogens is 267 g/mol. The first-order valence-corrected chi connectivity index (χ1v) is 6.51. The van der Waals surface area contributed by atoms with E-state index in [1.165, 1.54) is 6.07 Å². The van der Waals surface area contributed by atoms with E-state index in [9.17, 15) is 9.50 Å². The van der Waals surface area contributed by atoms with Crippen LogP contribution in [-0.4, -0.2) is 29.1 Å².